The highest BCUT2D eigenvalue weighted by molar-refractivity contribution is 9.10. The number of rotatable bonds is 5. The largest absolute Gasteiger partial charge is 0.329 e. The van der Waals surface area contributed by atoms with Crippen molar-refractivity contribution in [2.45, 2.75) is 12.6 Å². The van der Waals surface area contributed by atoms with Crippen LogP contribution >= 0.6 is 27.5 Å². The molecule has 112 valence electrons. The number of nitrogens with two attached hydrogens (primary N) is 1. The lowest BCUT2D eigenvalue weighted by molar-refractivity contribution is 0.237. The van der Waals surface area contributed by atoms with Crippen LogP contribution in [0.5, 0.6) is 0 Å². The number of hydrogen-bond donors (Lipinski definition) is 1. The summed E-state index contributed by atoms with van der Waals surface area (Å²) < 4.78 is 14.8. The molecule has 2 aromatic carbocycles. The number of hydrogen-bond acceptors (Lipinski definition) is 2. The van der Waals surface area contributed by atoms with Crippen molar-refractivity contribution >= 4 is 27.5 Å². The summed E-state index contributed by atoms with van der Waals surface area (Å²) >= 11 is 9.44. The third kappa shape index (κ3) is 4.04. The van der Waals surface area contributed by atoms with Crippen molar-refractivity contribution in [1.82, 2.24) is 4.90 Å². The first-order valence-corrected chi connectivity index (χ1v) is 7.78. The van der Waals surface area contributed by atoms with E-state index in [0.29, 0.717) is 28.1 Å². The van der Waals surface area contributed by atoms with Crippen molar-refractivity contribution < 1.29 is 4.39 Å². The first-order valence-electron chi connectivity index (χ1n) is 6.61. The lowest BCUT2D eigenvalue weighted by Crippen LogP contribution is -2.31. The second-order valence-electron chi connectivity index (χ2n) is 4.92. The first kappa shape index (κ1) is 16.4. The molecule has 0 aliphatic carbocycles. The van der Waals surface area contributed by atoms with Crippen molar-refractivity contribution in [3.63, 3.8) is 0 Å². The predicted octanol–water partition coefficient (Wildman–Crippen LogP) is 4.37. The van der Waals surface area contributed by atoms with Crippen LogP contribution in [0, 0.1) is 5.82 Å². The second-order valence-corrected chi connectivity index (χ2v) is 6.25. The van der Waals surface area contributed by atoms with Crippen molar-refractivity contribution in [3.8, 4) is 0 Å². The van der Waals surface area contributed by atoms with Crippen LogP contribution in [0.4, 0.5) is 4.39 Å². The predicted molar refractivity (Wildman–Crippen MR) is 88.8 cm³/mol. The summed E-state index contributed by atoms with van der Waals surface area (Å²) in [5.41, 5.74) is 7.44. The third-order valence-electron chi connectivity index (χ3n) is 3.45. The smallest absolute Gasteiger partial charge is 0.129 e. The number of benzene rings is 2. The van der Waals surface area contributed by atoms with E-state index in [1.807, 2.05) is 42.3 Å². The minimum absolute atomic E-state index is 0.200. The van der Waals surface area contributed by atoms with Gasteiger partial charge in [-0.25, -0.2) is 4.39 Å². The van der Waals surface area contributed by atoms with Crippen LogP contribution < -0.4 is 5.73 Å². The minimum Gasteiger partial charge on any atom is -0.329 e. The van der Waals surface area contributed by atoms with E-state index < -0.39 is 0 Å². The fourth-order valence-electron chi connectivity index (χ4n) is 2.32. The molecule has 0 saturated heterocycles. The molecule has 0 spiro atoms. The highest BCUT2D eigenvalue weighted by Crippen LogP contribution is 2.26. The standard InChI is InChI=1S/C16H17BrClFN2/c1-21(10-11-4-2-3-5-14(11)18)16(9-20)13-7-6-12(17)8-15(13)19/h2-8,16H,9-10,20H2,1H3. The van der Waals surface area contributed by atoms with E-state index >= 15 is 0 Å². The van der Waals surface area contributed by atoms with E-state index in [4.69, 9.17) is 17.3 Å². The molecule has 0 bridgehead atoms. The van der Waals surface area contributed by atoms with Crippen molar-refractivity contribution in [1.29, 1.82) is 0 Å². The highest BCUT2D eigenvalue weighted by atomic mass is 79.9. The molecular weight excluding hydrogens is 355 g/mol. The molecule has 0 amide bonds. The average molecular weight is 372 g/mol. The van der Waals surface area contributed by atoms with Crippen LogP contribution in [0.1, 0.15) is 17.2 Å². The maximum absolute atomic E-state index is 14.1. The van der Waals surface area contributed by atoms with E-state index in [2.05, 4.69) is 15.9 Å². The van der Waals surface area contributed by atoms with E-state index in [1.54, 1.807) is 6.07 Å². The Morgan fingerprint density at radius 2 is 2.00 bits per heavy atom. The monoisotopic (exact) mass is 370 g/mol. The zero-order valence-corrected chi connectivity index (χ0v) is 14.0. The average Bonchev–Trinajstić information content (AvgIpc) is 2.44. The van der Waals surface area contributed by atoms with Gasteiger partial charge in [-0.15, -0.1) is 0 Å². The van der Waals surface area contributed by atoms with Gasteiger partial charge in [-0.1, -0.05) is 51.8 Å². The molecule has 0 fully saturated rings. The van der Waals surface area contributed by atoms with Gasteiger partial charge >= 0.3 is 0 Å². The summed E-state index contributed by atoms with van der Waals surface area (Å²) in [6, 6.07) is 12.5. The van der Waals surface area contributed by atoms with Gasteiger partial charge in [0.25, 0.3) is 0 Å². The third-order valence-corrected chi connectivity index (χ3v) is 4.32. The summed E-state index contributed by atoms with van der Waals surface area (Å²) in [6.07, 6.45) is 0. The van der Waals surface area contributed by atoms with Crippen LogP contribution in [0.25, 0.3) is 0 Å². The molecular formula is C16H17BrClFN2. The van der Waals surface area contributed by atoms with Crippen molar-refractivity contribution in [3.05, 3.63) is 68.9 Å². The summed E-state index contributed by atoms with van der Waals surface area (Å²) in [7, 11) is 1.92. The van der Waals surface area contributed by atoms with E-state index in [-0.39, 0.29) is 11.9 Å². The minimum atomic E-state index is -0.258. The van der Waals surface area contributed by atoms with E-state index in [1.165, 1.54) is 6.07 Å². The number of likely N-dealkylation sites (N-methyl/N-ethyl adjacent to an activating group) is 1. The molecule has 0 radical (unpaired) electrons. The quantitative estimate of drug-likeness (QED) is 0.845. The molecule has 0 saturated carbocycles. The topological polar surface area (TPSA) is 29.3 Å². The number of halogens is 3. The van der Waals surface area contributed by atoms with Gasteiger partial charge in [-0.2, -0.15) is 0 Å². The van der Waals surface area contributed by atoms with Gasteiger partial charge in [0, 0.05) is 34.2 Å². The molecule has 0 aliphatic heterocycles. The van der Waals surface area contributed by atoms with Crippen LogP contribution in [0.3, 0.4) is 0 Å². The van der Waals surface area contributed by atoms with Gasteiger partial charge in [0.1, 0.15) is 5.82 Å². The molecule has 2 nitrogen and oxygen atoms in total. The van der Waals surface area contributed by atoms with Gasteiger partial charge in [-0.3, -0.25) is 4.90 Å². The fourth-order valence-corrected chi connectivity index (χ4v) is 2.85. The van der Waals surface area contributed by atoms with Crippen LogP contribution in [-0.2, 0) is 6.54 Å². The van der Waals surface area contributed by atoms with Crippen LogP contribution in [0.2, 0.25) is 5.02 Å². The van der Waals surface area contributed by atoms with Crippen molar-refractivity contribution in [2.75, 3.05) is 13.6 Å². The van der Waals surface area contributed by atoms with E-state index in [9.17, 15) is 4.39 Å². The lowest BCUT2D eigenvalue weighted by Gasteiger charge is -2.28. The Labute approximate surface area is 137 Å². The molecule has 1 atom stereocenters. The van der Waals surface area contributed by atoms with Crippen LogP contribution in [-0.4, -0.2) is 18.5 Å². The first-order chi connectivity index (χ1) is 10.0. The normalized spacial score (nSPS) is 12.7. The van der Waals surface area contributed by atoms with Gasteiger partial charge in [0.15, 0.2) is 0 Å². The Morgan fingerprint density at radius 1 is 1.29 bits per heavy atom. The van der Waals surface area contributed by atoms with Crippen molar-refractivity contribution in [2.24, 2.45) is 5.73 Å². The maximum atomic E-state index is 14.1. The summed E-state index contributed by atoms with van der Waals surface area (Å²) in [5.74, 6) is -0.258. The summed E-state index contributed by atoms with van der Waals surface area (Å²) in [4.78, 5) is 2.01. The molecule has 0 heterocycles. The summed E-state index contributed by atoms with van der Waals surface area (Å²) in [5, 5.41) is 0.705. The van der Waals surface area contributed by atoms with Crippen LogP contribution in [0.15, 0.2) is 46.9 Å². The van der Waals surface area contributed by atoms with Gasteiger partial charge in [0.2, 0.25) is 0 Å². The Morgan fingerprint density at radius 3 is 2.62 bits per heavy atom. The molecule has 5 heteroatoms. The van der Waals surface area contributed by atoms with Gasteiger partial charge in [-0.05, 0) is 30.8 Å². The Hall–Kier alpha value is -0.940. The molecule has 0 aromatic heterocycles. The zero-order chi connectivity index (χ0) is 15.4. The Balaban J connectivity index is 2.22. The summed E-state index contributed by atoms with van der Waals surface area (Å²) in [6.45, 7) is 0.941. The molecule has 1 unspecified atom stereocenters. The molecule has 2 N–H and O–H groups in total. The molecule has 21 heavy (non-hydrogen) atoms. The van der Waals surface area contributed by atoms with Gasteiger partial charge in [0.05, 0.1) is 0 Å². The second kappa shape index (κ2) is 7.36. The Bertz CT molecular complexity index is 621. The highest BCUT2D eigenvalue weighted by Gasteiger charge is 2.20. The molecule has 2 rings (SSSR count). The molecule has 0 aliphatic rings. The fraction of sp³-hybridized carbons (Fsp3) is 0.250. The van der Waals surface area contributed by atoms with E-state index in [0.717, 1.165) is 5.56 Å². The zero-order valence-electron chi connectivity index (χ0n) is 11.7. The maximum Gasteiger partial charge on any atom is 0.129 e. The van der Waals surface area contributed by atoms with Gasteiger partial charge < -0.3 is 5.73 Å². The number of nitrogens with zero attached hydrogens (tertiary/aromatic N) is 1. The SMILES string of the molecule is CN(Cc1ccccc1Cl)C(CN)c1ccc(Br)cc1F. The lowest BCUT2D eigenvalue weighted by atomic mass is 10.0. The Kier molecular flexibility index (Phi) is 5.76. The molecule has 2 aromatic rings.